The van der Waals surface area contributed by atoms with Gasteiger partial charge < -0.3 is 14.7 Å². The Kier molecular flexibility index (Phi) is 6.78. The van der Waals surface area contributed by atoms with E-state index >= 15 is 0 Å². The third-order valence-corrected chi connectivity index (χ3v) is 5.51. The van der Waals surface area contributed by atoms with E-state index in [4.69, 9.17) is 4.74 Å². The molecule has 3 aromatic rings. The Labute approximate surface area is 192 Å². The summed E-state index contributed by atoms with van der Waals surface area (Å²) in [5, 5.41) is 11.1. The lowest BCUT2D eigenvalue weighted by molar-refractivity contribution is -0.140. The second-order valence-electron chi connectivity index (χ2n) is 7.80. The van der Waals surface area contributed by atoms with Crippen LogP contribution in [0.25, 0.3) is 5.76 Å². The van der Waals surface area contributed by atoms with E-state index in [1.807, 2.05) is 6.07 Å². The van der Waals surface area contributed by atoms with Gasteiger partial charge in [0.2, 0.25) is 0 Å². The number of aromatic nitrogens is 2. The Bertz CT molecular complexity index is 1150. The maximum Gasteiger partial charge on any atom is 0.295 e. The molecule has 168 valence electrons. The van der Waals surface area contributed by atoms with Gasteiger partial charge in [-0.05, 0) is 53.9 Å². The van der Waals surface area contributed by atoms with Crippen LogP contribution in [0.5, 0.6) is 5.75 Å². The average Bonchev–Trinajstić information content (AvgIpc) is 3.10. The number of amides is 1. The largest absolute Gasteiger partial charge is 0.507 e. The Hall–Kier alpha value is -4.00. The number of likely N-dealkylation sites (tertiary alicyclic amines) is 1. The number of Topliss-reactive ketones (excluding diaryl/α,β-unsaturated/α-hetero) is 1. The molecular formula is C26H25N3O4. The van der Waals surface area contributed by atoms with Gasteiger partial charge in [-0.25, -0.2) is 0 Å². The standard InChI is InChI=1S/C26H25N3O4/c1-2-3-14-33-21-10-8-19(9-11-21)24(30)22-23(20-7-5-13-28-16-20)29(26(32)25(22)31)17-18-6-4-12-27-15-18/h4-13,15-16,23,30H,2-3,14,17H2,1H3/b24-22+/t23-/m1/s1. The van der Waals surface area contributed by atoms with Crippen molar-refractivity contribution in [3.05, 3.63) is 95.6 Å². The van der Waals surface area contributed by atoms with Crippen molar-refractivity contribution < 1.29 is 19.4 Å². The van der Waals surface area contributed by atoms with Gasteiger partial charge in [0, 0.05) is 36.9 Å². The molecule has 7 nitrogen and oxygen atoms in total. The molecule has 0 unspecified atom stereocenters. The van der Waals surface area contributed by atoms with Crippen molar-refractivity contribution in [3.63, 3.8) is 0 Å². The second-order valence-corrected chi connectivity index (χ2v) is 7.80. The third-order valence-electron chi connectivity index (χ3n) is 5.51. The maximum atomic E-state index is 13.1. The first-order chi connectivity index (χ1) is 16.1. The average molecular weight is 444 g/mol. The van der Waals surface area contributed by atoms with E-state index in [0.29, 0.717) is 23.5 Å². The topological polar surface area (TPSA) is 92.6 Å². The quantitative estimate of drug-likeness (QED) is 0.242. The maximum absolute atomic E-state index is 13.1. The van der Waals surface area contributed by atoms with Gasteiger partial charge in [0.05, 0.1) is 18.2 Å². The first kappa shape index (κ1) is 22.2. The number of hydrogen-bond acceptors (Lipinski definition) is 6. The van der Waals surface area contributed by atoms with Gasteiger partial charge in [0.15, 0.2) is 0 Å². The van der Waals surface area contributed by atoms with Gasteiger partial charge in [-0.15, -0.1) is 0 Å². The van der Waals surface area contributed by atoms with Crippen LogP contribution in [0.4, 0.5) is 0 Å². The molecule has 1 aromatic carbocycles. The molecule has 3 heterocycles. The Balaban J connectivity index is 1.72. The number of hydrogen-bond donors (Lipinski definition) is 1. The minimum absolute atomic E-state index is 0.0385. The predicted octanol–water partition coefficient (Wildman–Crippen LogP) is 4.28. The number of unbranched alkanes of at least 4 members (excludes halogenated alkanes) is 1. The van der Waals surface area contributed by atoms with E-state index in [-0.39, 0.29) is 17.9 Å². The molecule has 0 radical (unpaired) electrons. The summed E-state index contributed by atoms with van der Waals surface area (Å²) in [6, 6.07) is 13.2. The lowest BCUT2D eigenvalue weighted by Crippen LogP contribution is -2.29. The minimum Gasteiger partial charge on any atom is -0.507 e. The zero-order valence-electron chi connectivity index (χ0n) is 18.3. The Morgan fingerprint density at radius 1 is 1.03 bits per heavy atom. The molecule has 0 saturated carbocycles. The van der Waals surface area contributed by atoms with E-state index in [2.05, 4.69) is 16.9 Å². The molecule has 0 bridgehead atoms. The molecule has 1 aliphatic heterocycles. The summed E-state index contributed by atoms with van der Waals surface area (Å²) < 4.78 is 5.68. The number of ketones is 1. The lowest BCUT2D eigenvalue weighted by atomic mass is 9.96. The van der Waals surface area contributed by atoms with E-state index in [1.165, 1.54) is 4.90 Å². The van der Waals surface area contributed by atoms with Crippen molar-refractivity contribution in [3.8, 4) is 5.75 Å². The molecule has 0 aliphatic carbocycles. The van der Waals surface area contributed by atoms with E-state index in [1.54, 1.807) is 67.3 Å². The predicted molar refractivity (Wildman–Crippen MR) is 123 cm³/mol. The van der Waals surface area contributed by atoms with Gasteiger partial charge in [-0.3, -0.25) is 19.6 Å². The highest BCUT2D eigenvalue weighted by atomic mass is 16.5. The summed E-state index contributed by atoms with van der Waals surface area (Å²) in [7, 11) is 0. The van der Waals surface area contributed by atoms with Gasteiger partial charge in [-0.1, -0.05) is 25.5 Å². The van der Waals surface area contributed by atoms with Crippen LogP contribution >= 0.6 is 0 Å². The summed E-state index contributed by atoms with van der Waals surface area (Å²) in [6.45, 7) is 2.88. The van der Waals surface area contributed by atoms with Crippen molar-refractivity contribution in [2.24, 2.45) is 0 Å². The number of nitrogens with zero attached hydrogens (tertiary/aromatic N) is 3. The van der Waals surface area contributed by atoms with Crippen LogP contribution < -0.4 is 4.74 Å². The van der Waals surface area contributed by atoms with Crippen LogP contribution in [-0.4, -0.2) is 38.3 Å². The summed E-state index contributed by atoms with van der Waals surface area (Å²) >= 11 is 0. The molecule has 1 N–H and O–H groups in total. The van der Waals surface area contributed by atoms with Crippen molar-refractivity contribution >= 4 is 17.4 Å². The summed E-state index contributed by atoms with van der Waals surface area (Å²) in [4.78, 5) is 35.8. The molecule has 2 aromatic heterocycles. The van der Waals surface area contributed by atoms with Crippen molar-refractivity contribution in [1.82, 2.24) is 14.9 Å². The van der Waals surface area contributed by atoms with Gasteiger partial charge in [0.25, 0.3) is 11.7 Å². The van der Waals surface area contributed by atoms with Gasteiger partial charge in [-0.2, -0.15) is 0 Å². The summed E-state index contributed by atoms with van der Waals surface area (Å²) in [5.74, 6) is -0.945. The highest BCUT2D eigenvalue weighted by Gasteiger charge is 2.46. The number of aliphatic hydroxyl groups excluding tert-OH is 1. The second kappa shape index (κ2) is 10.1. The van der Waals surface area contributed by atoms with Crippen LogP contribution in [0.3, 0.4) is 0 Å². The van der Waals surface area contributed by atoms with Crippen molar-refractivity contribution in [2.75, 3.05) is 6.61 Å². The fourth-order valence-electron chi connectivity index (χ4n) is 3.81. The van der Waals surface area contributed by atoms with Crippen LogP contribution in [0, 0.1) is 0 Å². The molecule has 0 spiro atoms. The normalized spacial score (nSPS) is 17.4. The molecule has 1 amide bonds. The van der Waals surface area contributed by atoms with Gasteiger partial charge >= 0.3 is 0 Å². The van der Waals surface area contributed by atoms with Crippen LogP contribution in [0.1, 0.15) is 42.5 Å². The SMILES string of the molecule is CCCCOc1ccc(/C(O)=C2\C(=O)C(=O)N(Cc3cccnc3)[C@@H]2c2cccnc2)cc1. The van der Waals surface area contributed by atoms with Crippen LogP contribution in [0.15, 0.2) is 78.9 Å². The molecule has 1 atom stereocenters. The number of rotatable bonds is 8. The van der Waals surface area contributed by atoms with Crippen molar-refractivity contribution in [1.29, 1.82) is 0 Å². The number of carbonyl (C=O) groups excluding carboxylic acids is 2. The fraction of sp³-hybridized carbons (Fsp3) is 0.231. The third kappa shape index (κ3) is 4.77. The number of aliphatic hydroxyl groups is 1. The van der Waals surface area contributed by atoms with E-state index < -0.39 is 17.7 Å². The number of carbonyl (C=O) groups is 2. The zero-order chi connectivity index (χ0) is 23.2. The highest BCUT2D eigenvalue weighted by Crippen LogP contribution is 2.40. The molecule has 4 rings (SSSR count). The molecule has 1 saturated heterocycles. The van der Waals surface area contributed by atoms with E-state index in [0.717, 1.165) is 18.4 Å². The molecular weight excluding hydrogens is 418 g/mol. The molecule has 1 fully saturated rings. The van der Waals surface area contributed by atoms with Gasteiger partial charge in [0.1, 0.15) is 11.5 Å². The minimum atomic E-state index is -0.764. The lowest BCUT2D eigenvalue weighted by Gasteiger charge is -2.25. The first-order valence-corrected chi connectivity index (χ1v) is 10.9. The fourth-order valence-corrected chi connectivity index (χ4v) is 3.81. The highest BCUT2D eigenvalue weighted by molar-refractivity contribution is 6.46. The molecule has 33 heavy (non-hydrogen) atoms. The zero-order valence-corrected chi connectivity index (χ0v) is 18.3. The monoisotopic (exact) mass is 443 g/mol. The van der Waals surface area contributed by atoms with Crippen LogP contribution in [-0.2, 0) is 16.1 Å². The number of ether oxygens (including phenoxy) is 1. The molecule has 7 heteroatoms. The molecule has 1 aliphatic rings. The number of benzene rings is 1. The Morgan fingerprint density at radius 3 is 2.39 bits per heavy atom. The number of pyridine rings is 2. The summed E-state index contributed by atoms with van der Waals surface area (Å²) in [5.41, 5.74) is 1.89. The van der Waals surface area contributed by atoms with Crippen LogP contribution in [0.2, 0.25) is 0 Å². The smallest absolute Gasteiger partial charge is 0.295 e. The van der Waals surface area contributed by atoms with Crippen molar-refractivity contribution in [2.45, 2.75) is 32.4 Å². The summed E-state index contributed by atoms with van der Waals surface area (Å²) in [6.07, 6.45) is 8.50. The van der Waals surface area contributed by atoms with E-state index in [9.17, 15) is 14.7 Å². The Morgan fingerprint density at radius 2 is 1.76 bits per heavy atom. The first-order valence-electron chi connectivity index (χ1n) is 10.9.